The van der Waals surface area contributed by atoms with Gasteiger partial charge in [0.1, 0.15) is 5.82 Å². The molecule has 0 amide bonds. The van der Waals surface area contributed by atoms with Gasteiger partial charge in [-0.25, -0.2) is 4.39 Å². The Morgan fingerprint density at radius 1 is 1.50 bits per heavy atom. The molecular weight excluding hydrogens is 259 g/mol. The minimum Gasteiger partial charge on any atom is -0.394 e. The monoisotopic (exact) mass is 282 g/mol. The summed E-state index contributed by atoms with van der Waals surface area (Å²) in [6.07, 6.45) is -0.124. The highest BCUT2D eigenvalue weighted by Crippen LogP contribution is 2.23. The topological polar surface area (TPSA) is 58.7 Å². The van der Waals surface area contributed by atoms with Crippen molar-refractivity contribution in [1.29, 1.82) is 0 Å². The van der Waals surface area contributed by atoms with E-state index in [0.29, 0.717) is 18.7 Å². The summed E-state index contributed by atoms with van der Waals surface area (Å²) in [7, 11) is 0. The number of ether oxygens (including phenoxy) is 1. The van der Waals surface area contributed by atoms with Crippen LogP contribution in [0.4, 0.5) is 4.39 Å². The fourth-order valence-corrected chi connectivity index (χ4v) is 2.63. The first kappa shape index (κ1) is 15.4. The van der Waals surface area contributed by atoms with Crippen molar-refractivity contribution in [3.05, 3.63) is 35.6 Å². The fraction of sp³-hybridized carbons (Fsp3) is 0.600. The maximum Gasteiger partial charge on any atom is 0.127 e. The van der Waals surface area contributed by atoms with Gasteiger partial charge in [0.05, 0.1) is 19.3 Å². The number of hydrogen-bond acceptors (Lipinski definition) is 4. The summed E-state index contributed by atoms with van der Waals surface area (Å²) >= 11 is 0. The highest BCUT2D eigenvalue weighted by molar-refractivity contribution is 5.21. The Labute approximate surface area is 119 Å². The van der Waals surface area contributed by atoms with Gasteiger partial charge in [0.2, 0.25) is 0 Å². The summed E-state index contributed by atoms with van der Waals surface area (Å²) < 4.78 is 19.2. The predicted molar refractivity (Wildman–Crippen MR) is 75.8 cm³/mol. The van der Waals surface area contributed by atoms with Crippen molar-refractivity contribution in [2.24, 2.45) is 11.7 Å². The van der Waals surface area contributed by atoms with E-state index in [4.69, 9.17) is 15.6 Å². The molecule has 1 aliphatic heterocycles. The lowest BCUT2D eigenvalue weighted by Crippen LogP contribution is -2.46. The molecule has 1 fully saturated rings. The maximum absolute atomic E-state index is 13.7. The molecule has 0 aliphatic carbocycles. The van der Waals surface area contributed by atoms with E-state index in [0.717, 1.165) is 13.1 Å². The first-order valence-corrected chi connectivity index (χ1v) is 7.06. The first-order valence-electron chi connectivity index (χ1n) is 7.06. The molecule has 0 spiro atoms. The van der Waals surface area contributed by atoms with Gasteiger partial charge < -0.3 is 15.6 Å². The third kappa shape index (κ3) is 3.76. The molecule has 2 rings (SSSR count). The second-order valence-electron chi connectivity index (χ2n) is 5.46. The van der Waals surface area contributed by atoms with E-state index in [1.165, 1.54) is 6.07 Å². The Morgan fingerprint density at radius 2 is 2.25 bits per heavy atom. The molecule has 3 N–H and O–H groups in total. The molecule has 3 unspecified atom stereocenters. The van der Waals surface area contributed by atoms with E-state index >= 15 is 0 Å². The van der Waals surface area contributed by atoms with Gasteiger partial charge in [0.15, 0.2) is 0 Å². The number of hydrogen-bond donors (Lipinski definition) is 2. The molecule has 0 radical (unpaired) electrons. The zero-order valence-corrected chi connectivity index (χ0v) is 11.8. The van der Waals surface area contributed by atoms with Crippen molar-refractivity contribution in [3.63, 3.8) is 0 Å². The molecule has 112 valence electrons. The number of halogens is 1. The molecule has 3 atom stereocenters. The van der Waals surface area contributed by atoms with Crippen LogP contribution in [0.1, 0.15) is 18.5 Å². The molecule has 0 bridgehead atoms. The third-order valence-corrected chi connectivity index (χ3v) is 3.85. The van der Waals surface area contributed by atoms with Gasteiger partial charge in [0, 0.05) is 31.2 Å². The molecule has 1 aliphatic rings. The lowest BCUT2D eigenvalue weighted by Gasteiger charge is -2.35. The molecule has 1 saturated heterocycles. The first-order chi connectivity index (χ1) is 9.61. The zero-order chi connectivity index (χ0) is 14.5. The van der Waals surface area contributed by atoms with Crippen molar-refractivity contribution in [3.8, 4) is 0 Å². The predicted octanol–water partition coefficient (Wildman–Crippen LogP) is 1.15. The highest BCUT2D eigenvalue weighted by Gasteiger charge is 2.24. The number of nitrogens with zero attached hydrogens (tertiary/aromatic N) is 1. The minimum atomic E-state index is -0.327. The van der Waals surface area contributed by atoms with Crippen LogP contribution in [0.15, 0.2) is 24.3 Å². The van der Waals surface area contributed by atoms with Crippen molar-refractivity contribution in [2.45, 2.75) is 19.1 Å². The van der Waals surface area contributed by atoms with Gasteiger partial charge in [-0.15, -0.1) is 0 Å². The normalized spacial score (nSPS) is 23.5. The van der Waals surface area contributed by atoms with Crippen LogP contribution in [-0.4, -0.2) is 49.0 Å². The van der Waals surface area contributed by atoms with Gasteiger partial charge in [-0.3, -0.25) is 4.90 Å². The van der Waals surface area contributed by atoms with Crippen LogP contribution in [-0.2, 0) is 4.74 Å². The van der Waals surface area contributed by atoms with Crippen molar-refractivity contribution < 1.29 is 14.2 Å². The van der Waals surface area contributed by atoms with E-state index in [9.17, 15) is 4.39 Å². The zero-order valence-electron chi connectivity index (χ0n) is 11.8. The number of aliphatic hydroxyl groups excluding tert-OH is 1. The lowest BCUT2D eigenvalue weighted by molar-refractivity contribution is -0.0563. The second kappa shape index (κ2) is 7.13. The maximum atomic E-state index is 13.7. The molecule has 1 heterocycles. The van der Waals surface area contributed by atoms with Gasteiger partial charge >= 0.3 is 0 Å². The Kier molecular flexibility index (Phi) is 5.48. The summed E-state index contributed by atoms with van der Waals surface area (Å²) in [5.74, 6) is -0.119. The van der Waals surface area contributed by atoms with Crippen molar-refractivity contribution in [2.75, 3.05) is 32.8 Å². The van der Waals surface area contributed by atoms with Crippen LogP contribution in [0.25, 0.3) is 0 Å². The van der Waals surface area contributed by atoms with E-state index in [1.807, 2.05) is 13.0 Å². The van der Waals surface area contributed by atoms with Gasteiger partial charge in [-0.1, -0.05) is 25.1 Å². The molecule has 5 heteroatoms. The van der Waals surface area contributed by atoms with E-state index in [2.05, 4.69) is 4.90 Å². The average Bonchev–Trinajstić information content (AvgIpc) is 2.47. The van der Waals surface area contributed by atoms with Crippen LogP contribution >= 0.6 is 0 Å². The van der Waals surface area contributed by atoms with Crippen molar-refractivity contribution in [1.82, 2.24) is 4.90 Å². The van der Waals surface area contributed by atoms with E-state index in [-0.39, 0.29) is 30.5 Å². The summed E-state index contributed by atoms with van der Waals surface area (Å²) in [5.41, 5.74) is 6.74. The summed E-state index contributed by atoms with van der Waals surface area (Å²) in [4.78, 5) is 2.22. The Hall–Kier alpha value is -1.01. The second-order valence-corrected chi connectivity index (χ2v) is 5.46. The average molecular weight is 282 g/mol. The Balaban J connectivity index is 1.94. The standard InChI is InChI=1S/C15H23FN2O2/c1-11(8-18-6-7-20-12(9-18)10-19)15(17)13-4-2-3-5-14(13)16/h2-5,11-12,15,19H,6-10,17H2,1H3. The number of rotatable bonds is 5. The van der Waals surface area contributed by atoms with Crippen molar-refractivity contribution >= 4 is 0 Å². The number of benzene rings is 1. The number of aliphatic hydroxyl groups is 1. The van der Waals surface area contributed by atoms with Crippen LogP contribution in [0.3, 0.4) is 0 Å². The van der Waals surface area contributed by atoms with E-state index < -0.39 is 0 Å². The lowest BCUT2D eigenvalue weighted by atomic mass is 9.94. The van der Waals surface area contributed by atoms with Gasteiger partial charge in [-0.2, -0.15) is 0 Å². The van der Waals surface area contributed by atoms with E-state index in [1.54, 1.807) is 12.1 Å². The SMILES string of the molecule is CC(CN1CCOC(CO)C1)C(N)c1ccccc1F. The smallest absolute Gasteiger partial charge is 0.127 e. The van der Waals surface area contributed by atoms with Gasteiger partial charge in [0.25, 0.3) is 0 Å². The largest absolute Gasteiger partial charge is 0.394 e. The summed E-state index contributed by atoms with van der Waals surface area (Å²) in [6, 6.07) is 6.34. The number of nitrogens with two attached hydrogens (primary N) is 1. The molecule has 1 aromatic carbocycles. The summed E-state index contributed by atoms with van der Waals surface area (Å²) in [6.45, 7) is 4.97. The molecular formula is C15H23FN2O2. The van der Waals surface area contributed by atoms with Crippen LogP contribution in [0, 0.1) is 11.7 Å². The molecule has 0 saturated carbocycles. The van der Waals surface area contributed by atoms with Crippen LogP contribution < -0.4 is 5.73 Å². The highest BCUT2D eigenvalue weighted by atomic mass is 19.1. The summed E-state index contributed by atoms with van der Waals surface area (Å²) in [5, 5.41) is 9.14. The fourth-order valence-electron chi connectivity index (χ4n) is 2.63. The van der Waals surface area contributed by atoms with Gasteiger partial charge in [-0.05, 0) is 12.0 Å². The van der Waals surface area contributed by atoms with Crippen LogP contribution in [0.2, 0.25) is 0 Å². The Bertz CT molecular complexity index is 430. The molecule has 20 heavy (non-hydrogen) atoms. The molecule has 0 aromatic heterocycles. The number of morpholine rings is 1. The molecule has 4 nitrogen and oxygen atoms in total. The molecule has 1 aromatic rings. The minimum absolute atomic E-state index is 0.0320. The Morgan fingerprint density at radius 3 is 2.95 bits per heavy atom. The quantitative estimate of drug-likeness (QED) is 0.851. The van der Waals surface area contributed by atoms with Crippen LogP contribution in [0.5, 0.6) is 0 Å². The third-order valence-electron chi connectivity index (χ3n) is 3.85.